The van der Waals surface area contributed by atoms with Crippen LogP contribution >= 0.6 is 31.9 Å². The third-order valence-corrected chi connectivity index (χ3v) is 4.01. The number of aliphatic carboxylic acids is 1. The van der Waals surface area contributed by atoms with Crippen LogP contribution < -0.4 is 5.32 Å². The molecule has 0 saturated carbocycles. The molecule has 1 atom stereocenters. The predicted octanol–water partition coefficient (Wildman–Crippen LogP) is 3.77. The number of hydrogen-bond donors (Lipinski definition) is 2. The summed E-state index contributed by atoms with van der Waals surface area (Å²) >= 11 is 6.57. The van der Waals surface area contributed by atoms with Crippen molar-refractivity contribution in [3.63, 3.8) is 0 Å². The van der Waals surface area contributed by atoms with Gasteiger partial charge in [-0.1, -0.05) is 46.3 Å². The molecule has 0 saturated heterocycles. The Hall–Kier alpha value is -1.66. The molecule has 0 spiro atoms. The topological polar surface area (TPSA) is 66.4 Å². The zero-order valence-electron chi connectivity index (χ0n) is 10.7. The summed E-state index contributed by atoms with van der Waals surface area (Å²) in [5.74, 6) is -1.57. The maximum absolute atomic E-state index is 12.3. The molecule has 0 aromatic heterocycles. The Labute approximate surface area is 138 Å². The van der Waals surface area contributed by atoms with E-state index in [9.17, 15) is 14.7 Å². The van der Waals surface area contributed by atoms with Crippen LogP contribution in [0.1, 0.15) is 22.0 Å². The molecular formula is C15H11Br2NO3. The molecule has 2 aromatic rings. The third-order valence-electron chi connectivity index (χ3n) is 2.83. The van der Waals surface area contributed by atoms with Crippen LogP contribution in [0.2, 0.25) is 0 Å². The molecule has 1 amide bonds. The molecule has 6 heteroatoms. The van der Waals surface area contributed by atoms with E-state index < -0.39 is 17.9 Å². The molecule has 0 unspecified atom stereocenters. The van der Waals surface area contributed by atoms with Crippen molar-refractivity contribution in [2.45, 2.75) is 6.04 Å². The molecule has 0 heterocycles. The minimum atomic E-state index is -1.11. The summed E-state index contributed by atoms with van der Waals surface area (Å²) in [5, 5.41) is 11.8. The summed E-state index contributed by atoms with van der Waals surface area (Å²) in [4.78, 5) is 23.7. The molecule has 0 radical (unpaired) electrons. The quantitative estimate of drug-likeness (QED) is 0.803. The van der Waals surface area contributed by atoms with E-state index in [2.05, 4.69) is 37.2 Å². The second kappa shape index (κ2) is 6.87. The van der Waals surface area contributed by atoms with Crippen molar-refractivity contribution >= 4 is 43.7 Å². The van der Waals surface area contributed by atoms with Gasteiger partial charge in [0.15, 0.2) is 6.04 Å². The van der Waals surface area contributed by atoms with Crippen molar-refractivity contribution in [1.82, 2.24) is 5.32 Å². The lowest BCUT2D eigenvalue weighted by molar-refractivity contribution is -0.139. The van der Waals surface area contributed by atoms with E-state index in [4.69, 9.17) is 0 Å². The minimum absolute atomic E-state index is 0.367. The van der Waals surface area contributed by atoms with Gasteiger partial charge in [-0.05, 0) is 39.7 Å². The van der Waals surface area contributed by atoms with Crippen molar-refractivity contribution < 1.29 is 14.7 Å². The molecular weight excluding hydrogens is 402 g/mol. The van der Waals surface area contributed by atoms with Crippen molar-refractivity contribution in [2.75, 3.05) is 0 Å². The van der Waals surface area contributed by atoms with Gasteiger partial charge in [-0.3, -0.25) is 4.79 Å². The largest absolute Gasteiger partial charge is 0.479 e. The van der Waals surface area contributed by atoms with Gasteiger partial charge in [0.05, 0.1) is 5.56 Å². The minimum Gasteiger partial charge on any atom is -0.479 e. The van der Waals surface area contributed by atoms with Crippen LogP contribution in [0.25, 0.3) is 0 Å². The number of carboxylic acid groups (broad SMARTS) is 1. The standard InChI is InChI=1S/C15H11Br2NO3/c16-10-6-7-12(17)11(8-10)14(19)18-13(15(20)21)9-4-2-1-3-5-9/h1-8,13H,(H,18,19)(H,20,21)/t13-/m0/s1. The zero-order valence-corrected chi connectivity index (χ0v) is 13.9. The number of carboxylic acids is 1. The van der Waals surface area contributed by atoms with Gasteiger partial charge < -0.3 is 10.4 Å². The number of amides is 1. The van der Waals surface area contributed by atoms with E-state index in [1.54, 1.807) is 48.5 Å². The average Bonchev–Trinajstić information content (AvgIpc) is 2.47. The van der Waals surface area contributed by atoms with Crippen LogP contribution in [0.3, 0.4) is 0 Å². The molecule has 2 N–H and O–H groups in total. The molecule has 21 heavy (non-hydrogen) atoms. The molecule has 2 aromatic carbocycles. The Morgan fingerprint density at radius 1 is 1.05 bits per heavy atom. The van der Waals surface area contributed by atoms with E-state index in [1.165, 1.54) is 0 Å². The van der Waals surface area contributed by atoms with Gasteiger partial charge in [0.1, 0.15) is 0 Å². The van der Waals surface area contributed by atoms with E-state index in [1.807, 2.05) is 0 Å². The Kier molecular flexibility index (Phi) is 5.14. The number of carbonyl (C=O) groups is 2. The number of hydrogen-bond acceptors (Lipinski definition) is 2. The van der Waals surface area contributed by atoms with Gasteiger partial charge in [0, 0.05) is 8.95 Å². The molecule has 0 bridgehead atoms. The second-order valence-corrected chi connectivity index (χ2v) is 6.05. The maximum Gasteiger partial charge on any atom is 0.330 e. The van der Waals surface area contributed by atoms with Crippen molar-refractivity contribution in [2.24, 2.45) is 0 Å². The normalized spacial score (nSPS) is 11.7. The summed E-state index contributed by atoms with van der Waals surface area (Å²) < 4.78 is 1.34. The smallest absolute Gasteiger partial charge is 0.330 e. The van der Waals surface area contributed by atoms with E-state index in [-0.39, 0.29) is 0 Å². The monoisotopic (exact) mass is 411 g/mol. The average molecular weight is 413 g/mol. The number of halogens is 2. The first-order chi connectivity index (χ1) is 9.99. The molecule has 0 aliphatic rings. The van der Waals surface area contributed by atoms with Gasteiger partial charge in [-0.25, -0.2) is 4.79 Å². The Morgan fingerprint density at radius 3 is 2.33 bits per heavy atom. The van der Waals surface area contributed by atoms with Crippen molar-refractivity contribution in [1.29, 1.82) is 0 Å². The molecule has 0 fully saturated rings. The summed E-state index contributed by atoms with van der Waals surface area (Å²) in [7, 11) is 0. The fourth-order valence-corrected chi connectivity index (χ4v) is 2.60. The highest BCUT2D eigenvalue weighted by Crippen LogP contribution is 2.22. The lowest BCUT2D eigenvalue weighted by Crippen LogP contribution is -2.33. The van der Waals surface area contributed by atoms with Crippen LogP contribution in [-0.4, -0.2) is 17.0 Å². The van der Waals surface area contributed by atoms with Gasteiger partial charge in [0.2, 0.25) is 0 Å². The maximum atomic E-state index is 12.3. The number of benzene rings is 2. The number of nitrogens with one attached hydrogen (secondary N) is 1. The SMILES string of the molecule is O=C(N[C@H](C(=O)O)c1ccccc1)c1cc(Br)ccc1Br. The Morgan fingerprint density at radius 2 is 1.71 bits per heavy atom. The fourth-order valence-electron chi connectivity index (χ4n) is 1.81. The van der Waals surface area contributed by atoms with Crippen LogP contribution in [0, 0.1) is 0 Å². The first-order valence-electron chi connectivity index (χ1n) is 6.02. The third kappa shape index (κ3) is 3.92. The number of carbonyl (C=O) groups excluding carboxylic acids is 1. The summed E-state index contributed by atoms with van der Waals surface area (Å²) in [6.07, 6.45) is 0. The van der Waals surface area contributed by atoms with Crippen molar-refractivity contribution in [3.05, 3.63) is 68.6 Å². The molecule has 108 valence electrons. The summed E-state index contributed by atoms with van der Waals surface area (Å²) in [5.41, 5.74) is 0.885. The molecule has 0 aliphatic heterocycles. The predicted molar refractivity (Wildman–Crippen MR) is 86.1 cm³/mol. The van der Waals surface area contributed by atoms with Gasteiger partial charge in [-0.15, -0.1) is 0 Å². The lowest BCUT2D eigenvalue weighted by atomic mass is 10.1. The first kappa shape index (κ1) is 15.7. The van der Waals surface area contributed by atoms with E-state index >= 15 is 0 Å². The van der Waals surface area contributed by atoms with E-state index in [0.29, 0.717) is 15.6 Å². The van der Waals surface area contributed by atoms with Crippen molar-refractivity contribution in [3.8, 4) is 0 Å². The highest BCUT2D eigenvalue weighted by atomic mass is 79.9. The van der Waals surface area contributed by atoms with Gasteiger partial charge in [0.25, 0.3) is 5.91 Å². The Balaban J connectivity index is 2.27. The summed E-state index contributed by atoms with van der Waals surface area (Å²) in [6, 6.07) is 12.6. The Bertz CT molecular complexity index is 674. The first-order valence-corrected chi connectivity index (χ1v) is 7.61. The lowest BCUT2D eigenvalue weighted by Gasteiger charge is -2.15. The zero-order chi connectivity index (χ0) is 15.4. The molecule has 0 aliphatic carbocycles. The number of rotatable bonds is 4. The molecule has 4 nitrogen and oxygen atoms in total. The fraction of sp³-hybridized carbons (Fsp3) is 0.0667. The van der Waals surface area contributed by atoms with Crippen LogP contribution in [-0.2, 0) is 4.79 Å². The summed E-state index contributed by atoms with van der Waals surface area (Å²) in [6.45, 7) is 0. The second-order valence-electron chi connectivity index (χ2n) is 4.28. The van der Waals surface area contributed by atoms with E-state index in [0.717, 1.165) is 4.47 Å². The van der Waals surface area contributed by atoms with Crippen LogP contribution in [0.5, 0.6) is 0 Å². The highest BCUT2D eigenvalue weighted by Gasteiger charge is 2.23. The van der Waals surface area contributed by atoms with Crippen LogP contribution in [0.4, 0.5) is 0 Å². The van der Waals surface area contributed by atoms with Gasteiger partial charge >= 0.3 is 5.97 Å². The van der Waals surface area contributed by atoms with Gasteiger partial charge in [-0.2, -0.15) is 0 Å². The van der Waals surface area contributed by atoms with Crippen LogP contribution in [0.15, 0.2) is 57.5 Å². The molecule has 2 rings (SSSR count). The highest BCUT2D eigenvalue weighted by molar-refractivity contribution is 9.11.